The first kappa shape index (κ1) is 18.3. The molecule has 0 spiro atoms. The Bertz CT molecular complexity index is 494. The molecule has 0 radical (unpaired) electrons. The second-order valence-corrected chi connectivity index (χ2v) is 7.20. The summed E-state index contributed by atoms with van der Waals surface area (Å²) in [6, 6.07) is 0. The van der Waals surface area contributed by atoms with Crippen LogP contribution in [-0.4, -0.2) is 28.2 Å². The fourth-order valence-corrected chi connectivity index (χ4v) is 2.03. The number of hydrogen-bond donors (Lipinski definition) is 0. The van der Waals surface area contributed by atoms with Gasteiger partial charge in [-0.05, 0) is 39.3 Å². The highest BCUT2D eigenvalue weighted by atomic mass is 35.6. The summed E-state index contributed by atoms with van der Waals surface area (Å²) in [5.41, 5.74) is 0.633. The number of ether oxygens (including phenoxy) is 1. The highest BCUT2D eigenvalue weighted by Crippen LogP contribution is 2.48. The summed E-state index contributed by atoms with van der Waals surface area (Å²) in [5.74, 6) is -0.464. The van der Waals surface area contributed by atoms with Gasteiger partial charge in [-0.15, -0.1) is 0 Å². The van der Waals surface area contributed by atoms with E-state index in [4.69, 9.17) is 44.4 Å². The van der Waals surface area contributed by atoms with Crippen molar-refractivity contribution in [3.8, 4) is 0 Å². The molecule has 1 aliphatic rings. The van der Waals surface area contributed by atoms with Crippen molar-refractivity contribution >= 4 is 46.5 Å². The number of hydrogen-bond acceptors (Lipinski definition) is 4. The van der Waals surface area contributed by atoms with E-state index in [1.54, 1.807) is 39.0 Å². The molecule has 0 heterocycles. The summed E-state index contributed by atoms with van der Waals surface area (Å²) < 4.78 is 3.37. The number of esters is 1. The van der Waals surface area contributed by atoms with Crippen molar-refractivity contribution in [2.75, 3.05) is 6.61 Å². The summed E-state index contributed by atoms with van der Waals surface area (Å²) in [6.07, 6.45) is 4.47. The molecule has 7 heteroatoms. The third-order valence-corrected chi connectivity index (χ3v) is 4.27. The number of halogens is 3. The van der Waals surface area contributed by atoms with E-state index in [1.165, 1.54) is 0 Å². The number of rotatable bonds is 4. The minimum absolute atomic E-state index is 0.295. The predicted octanol–water partition coefficient (Wildman–Crippen LogP) is 4.20. The maximum absolute atomic E-state index is 11.4. The first-order valence-corrected chi connectivity index (χ1v) is 7.60. The van der Waals surface area contributed by atoms with Crippen LogP contribution in [-0.2, 0) is 14.4 Å². The SMILES string of the molecule is CCOC(=O)C(C)O/N=C1\C=CC(C)(C(Cl)(Cl)Cl)C=C1C. The summed E-state index contributed by atoms with van der Waals surface area (Å²) in [5, 5.41) is 3.95. The zero-order chi connectivity index (χ0) is 16.3. The van der Waals surface area contributed by atoms with Crippen LogP contribution in [0.15, 0.2) is 29.0 Å². The highest BCUT2D eigenvalue weighted by molar-refractivity contribution is 6.68. The van der Waals surface area contributed by atoms with E-state index in [2.05, 4.69) is 5.16 Å². The van der Waals surface area contributed by atoms with Crippen LogP contribution in [0.3, 0.4) is 0 Å². The number of carbonyl (C=O) groups excluding carboxylic acids is 1. The van der Waals surface area contributed by atoms with Crippen molar-refractivity contribution in [3.63, 3.8) is 0 Å². The van der Waals surface area contributed by atoms with Crippen LogP contribution in [0.2, 0.25) is 0 Å². The van der Waals surface area contributed by atoms with Gasteiger partial charge in [-0.3, -0.25) is 0 Å². The Morgan fingerprint density at radius 1 is 1.48 bits per heavy atom. The zero-order valence-electron chi connectivity index (χ0n) is 12.3. The normalized spacial score (nSPS) is 25.5. The van der Waals surface area contributed by atoms with E-state index in [-0.39, 0.29) is 0 Å². The molecule has 0 bridgehead atoms. The van der Waals surface area contributed by atoms with Gasteiger partial charge >= 0.3 is 5.97 Å². The molecule has 21 heavy (non-hydrogen) atoms. The fourth-order valence-electron chi connectivity index (χ4n) is 1.67. The number of allylic oxidation sites excluding steroid dienone is 4. The van der Waals surface area contributed by atoms with Crippen LogP contribution in [0.1, 0.15) is 27.7 Å². The molecule has 118 valence electrons. The van der Waals surface area contributed by atoms with Gasteiger partial charge in [0.1, 0.15) is 5.71 Å². The van der Waals surface area contributed by atoms with Crippen LogP contribution >= 0.6 is 34.8 Å². The molecule has 1 rings (SSSR count). The molecular weight excluding hydrogens is 337 g/mol. The number of oxime groups is 1. The lowest BCUT2D eigenvalue weighted by Crippen LogP contribution is -2.31. The molecule has 0 amide bonds. The van der Waals surface area contributed by atoms with Crippen molar-refractivity contribution in [1.29, 1.82) is 0 Å². The lowest BCUT2D eigenvalue weighted by Gasteiger charge is -2.33. The third kappa shape index (κ3) is 4.63. The van der Waals surface area contributed by atoms with Crippen LogP contribution < -0.4 is 0 Å². The Kier molecular flexibility index (Phi) is 6.14. The van der Waals surface area contributed by atoms with E-state index in [1.807, 2.05) is 6.92 Å². The van der Waals surface area contributed by atoms with Crippen LogP contribution in [0.25, 0.3) is 0 Å². The van der Waals surface area contributed by atoms with Crippen LogP contribution in [0.5, 0.6) is 0 Å². The van der Waals surface area contributed by atoms with Crippen molar-refractivity contribution < 1.29 is 14.4 Å². The molecule has 0 saturated heterocycles. The smallest absolute Gasteiger partial charge is 0.349 e. The zero-order valence-corrected chi connectivity index (χ0v) is 14.6. The number of carbonyl (C=O) groups is 1. The maximum atomic E-state index is 11.4. The third-order valence-electron chi connectivity index (χ3n) is 3.05. The van der Waals surface area contributed by atoms with Gasteiger partial charge in [-0.2, -0.15) is 0 Å². The Labute approximate surface area is 139 Å². The predicted molar refractivity (Wildman–Crippen MR) is 85.9 cm³/mol. The number of nitrogens with zero attached hydrogens (tertiary/aromatic N) is 1. The van der Waals surface area contributed by atoms with Gasteiger partial charge in [-0.25, -0.2) is 4.79 Å². The van der Waals surface area contributed by atoms with Gasteiger partial charge in [0.2, 0.25) is 9.90 Å². The van der Waals surface area contributed by atoms with Gasteiger partial charge in [0.15, 0.2) is 0 Å². The summed E-state index contributed by atoms with van der Waals surface area (Å²) in [7, 11) is 0. The average molecular weight is 355 g/mol. The summed E-state index contributed by atoms with van der Waals surface area (Å²) in [4.78, 5) is 16.6. The molecule has 0 N–H and O–H groups in total. The first-order chi connectivity index (χ1) is 9.60. The maximum Gasteiger partial charge on any atom is 0.349 e. The lowest BCUT2D eigenvalue weighted by atomic mass is 9.84. The van der Waals surface area contributed by atoms with Crippen LogP contribution in [0.4, 0.5) is 0 Å². The summed E-state index contributed by atoms with van der Waals surface area (Å²) in [6.45, 7) is 7.22. The molecular formula is C14H18Cl3NO3. The minimum Gasteiger partial charge on any atom is -0.463 e. The Morgan fingerprint density at radius 2 is 2.10 bits per heavy atom. The molecule has 1 aliphatic carbocycles. The molecule has 2 atom stereocenters. The van der Waals surface area contributed by atoms with E-state index in [9.17, 15) is 4.79 Å². The molecule has 0 saturated carbocycles. The standard InChI is InChI=1S/C14H18Cl3NO3/c1-5-20-12(19)10(3)21-18-11-6-7-13(4,8-9(11)2)14(15,16)17/h6-8,10H,5H2,1-4H3/b18-11+. The van der Waals surface area contributed by atoms with Crippen molar-refractivity contribution in [2.24, 2.45) is 10.6 Å². The highest BCUT2D eigenvalue weighted by Gasteiger charge is 2.42. The van der Waals surface area contributed by atoms with Gasteiger partial charge in [0, 0.05) is 0 Å². The van der Waals surface area contributed by atoms with Gasteiger partial charge < -0.3 is 9.57 Å². The van der Waals surface area contributed by atoms with Crippen LogP contribution in [0, 0.1) is 5.41 Å². The largest absolute Gasteiger partial charge is 0.463 e. The summed E-state index contributed by atoms with van der Waals surface area (Å²) >= 11 is 17.9. The second kappa shape index (κ2) is 7.03. The Hall–Kier alpha value is -0.710. The first-order valence-electron chi connectivity index (χ1n) is 6.47. The monoisotopic (exact) mass is 353 g/mol. The quantitative estimate of drug-likeness (QED) is 0.432. The second-order valence-electron chi connectivity index (χ2n) is 4.92. The molecule has 0 aromatic heterocycles. The average Bonchev–Trinajstić information content (AvgIpc) is 2.36. The Morgan fingerprint density at radius 3 is 2.57 bits per heavy atom. The molecule has 0 aromatic rings. The molecule has 0 aliphatic heterocycles. The van der Waals surface area contributed by atoms with Crippen molar-refractivity contribution in [2.45, 2.75) is 37.6 Å². The topological polar surface area (TPSA) is 47.9 Å². The van der Waals surface area contributed by atoms with E-state index in [0.717, 1.165) is 5.57 Å². The van der Waals surface area contributed by atoms with Gasteiger partial charge in [-0.1, -0.05) is 52.1 Å². The van der Waals surface area contributed by atoms with E-state index >= 15 is 0 Å². The molecule has 0 fully saturated rings. The molecule has 4 nitrogen and oxygen atoms in total. The van der Waals surface area contributed by atoms with E-state index in [0.29, 0.717) is 12.3 Å². The van der Waals surface area contributed by atoms with Crippen molar-refractivity contribution in [1.82, 2.24) is 0 Å². The lowest BCUT2D eigenvalue weighted by molar-refractivity contribution is -0.155. The van der Waals surface area contributed by atoms with Crippen molar-refractivity contribution in [3.05, 3.63) is 23.8 Å². The van der Waals surface area contributed by atoms with E-state index < -0.39 is 21.3 Å². The molecule has 0 aromatic carbocycles. The minimum atomic E-state index is -1.46. The van der Waals surface area contributed by atoms with Gasteiger partial charge in [0.05, 0.1) is 12.0 Å². The fraction of sp³-hybridized carbons (Fsp3) is 0.571. The number of alkyl halides is 3. The molecule has 2 unspecified atom stereocenters. The Balaban J connectivity index is 2.81. The van der Waals surface area contributed by atoms with Gasteiger partial charge in [0.25, 0.3) is 0 Å².